The van der Waals surface area contributed by atoms with Crippen molar-refractivity contribution in [3.63, 3.8) is 0 Å². The van der Waals surface area contributed by atoms with E-state index < -0.39 is 0 Å². The first kappa shape index (κ1) is 7.72. The van der Waals surface area contributed by atoms with Crippen LogP contribution in [0.25, 0.3) is 0 Å². The van der Waals surface area contributed by atoms with Crippen LogP contribution in [0.3, 0.4) is 0 Å². The van der Waals surface area contributed by atoms with Crippen molar-refractivity contribution >= 4 is 5.78 Å². The van der Waals surface area contributed by atoms with E-state index in [1.54, 1.807) is 6.92 Å². The summed E-state index contributed by atoms with van der Waals surface area (Å²) >= 11 is 0. The lowest BCUT2D eigenvalue weighted by molar-refractivity contribution is 0.102. The standard InChI is InChI=1S/C8H7N3O2/c1-5-2-13-3-6(5)7(12)8-9-4-10-11-8/h2-4H,1H3,(H,9,10,11). The van der Waals surface area contributed by atoms with E-state index in [1.165, 1.54) is 18.9 Å². The summed E-state index contributed by atoms with van der Waals surface area (Å²) in [4.78, 5) is 15.4. The van der Waals surface area contributed by atoms with Gasteiger partial charge in [-0.05, 0) is 12.5 Å². The van der Waals surface area contributed by atoms with Crippen LogP contribution < -0.4 is 0 Å². The van der Waals surface area contributed by atoms with Crippen LogP contribution in [-0.2, 0) is 0 Å². The zero-order chi connectivity index (χ0) is 9.26. The van der Waals surface area contributed by atoms with Gasteiger partial charge in [0.05, 0.1) is 11.8 Å². The minimum atomic E-state index is -0.205. The molecule has 0 saturated heterocycles. The summed E-state index contributed by atoms with van der Waals surface area (Å²) in [5.74, 6) is 0.0215. The molecule has 0 spiro atoms. The number of H-pyrrole nitrogens is 1. The molecule has 2 aromatic heterocycles. The second-order valence-corrected chi connectivity index (χ2v) is 2.63. The number of aryl methyl sites for hydroxylation is 1. The van der Waals surface area contributed by atoms with Crippen molar-refractivity contribution < 1.29 is 9.21 Å². The monoisotopic (exact) mass is 177 g/mol. The van der Waals surface area contributed by atoms with E-state index in [4.69, 9.17) is 4.42 Å². The Hall–Kier alpha value is -1.91. The SMILES string of the molecule is Cc1cocc1C(=O)c1ncn[nH]1. The summed E-state index contributed by atoms with van der Waals surface area (Å²) in [6, 6.07) is 0. The van der Waals surface area contributed by atoms with Gasteiger partial charge in [0.25, 0.3) is 0 Å². The normalized spacial score (nSPS) is 10.2. The first-order valence-electron chi connectivity index (χ1n) is 3.72. The number of rotatable bonds is 2. The topological polar surface area (TPSA) is 71.8 Å². The minimum Gasteiger partial charge on any atom is -0.472 e. The van der Waals surface area contributed by atoms with Gasteiger partial charge < -0.3 is 4.42 Å². The molecule has 0 aliphatic rings. The molecule has 0 aliphatic heterocycles. The van der Waals surface area contributed by atoms with Crippen LogP contribution in [0.15, 0.2) is 23.3 Å². The molecule has 5 nitrogen and oxygen atoms in total. The Morgan fingerprint density at radius 1 is 1.54 bits per heavy atom. The predicted octanol–water partition coefficient (Wildman–Crippen LogP) is 0.937. The van der Waals surface area contributed by atoms with E-state index in [9.17, 15) is 4.79 Å². The molecule has 0 saturated carbocycles. The Morgan fingerprint density at radius 2 is 2.38 bits per heavy atom. The van der Waals surface area contributed by atoms with Crippen LogP contribution >= 0.6 is 0 Å². The quantitative estimate of drug-likeness (QED) is 0.693. The third kappa shape index (κ3) is 1.24. The smallest absolute Gasteiger partial charge is 0.233 e. The second-order valence-electron chi connectivity index (χ2n) is 2.63. The number of aromatic nitrogens is 3. The van der Waals surface area contributed by atoms with Crippen molar-refractivity contribution in [1.82, 2.24) is 15.2 Å². The molecule has 0 fully saturated rings. The highest BCUT2D eigenvalue weighted by molar-refractivity contribution is 6.07. The van der Waals surface area contributed by atoms with Gasteiger partial charge in [0.15, 0.2) is 5.82 Å². The Balaban J connectivity index is 2.39. The molecule has 2 aromatic rings. The number of carbonyl (C=O) groups excluding carboxylic acids is 1. The van der Waals surface area contributed by atoms with Crippen molar-refractivity contribution in [3.8, 4) is 0 Å². The molecule has 1 N–H and O–H groups in total. The number of carbonyl (C=O) groups is 1. The Bertz CT molecular complexity index is 416. The Kier molecular flexibility index (Phi) is 1.70. The van der Waals surface area contributed by atoms with Gasteiger partial charge in [-0.3, -0.25) is 9.89 Å². The zero-order valence-corrected chi connectivity index (χ0v) is 6.94. The van der Waals surface area contributed by atoms with Crippen molar-refractivity contribution in [3.05, 3.63) is 35.8 Å². The summed E-state index contributed by atoms with van der Waals surface area (Å²) in [7, 11) is 0. The molecule has 5 heteroatoms. The molecule has 0 unspecified atom stereocenters. The van der Waals surface area contributed by atoms with Crippen LogP contribution in [0.1, 0.15) is 21.7 Å². The van der Waals surface area contributed by atoms with E-state index in [1.807, 2.05) is 0 Å². The first-order chi connectivity index (χ1) is 6.29. The van der Waals surface area contributed by atoms with E-state index >= 15 is 0 Å². The molecular weight excluding hydrogens is 170 g/mol. The van der Waals surface area contributed by atoms with Gasteiger partial charge in [0, 0.05) is 0 Å². The highest BCUT2D eigenvalue weighted by Crippen LogP contribution is 2.11. The Morgan fingerprint density at radius 3 is 2.92 bits per heavy atom. The fourth-order valence-electron chi connectivity index (χ4n) is 1.04. The molecule has 0 aliphatic carbocycles. The zero-order valence-electron chi connectivity index (χ0n) is 6.94. The molecular formula is C8H7N3O2. The number of hydrogen-bond donors (Lipinski definition) is 1. The molecule has 0 bridgehead atoms. The van der Waals surface area contributed by atoms with Crippen LogP contribution in [0.4, 0.5) is 0 Å². The van der Waals surface area contributed by atoms with Crippen LogP contribution in [0.5, 0.6) is 0 Å². The van der Waals surface area contributed by atoms with E-state index in [-0.39, 0.29) is 11.6 Å². The summed E-state index contributed by atoms with van der Waals surface area (Å²) in [5, 5.41) is 6.10. The highest BCUT2D eigenvalue weighted by Gasteiger charge is 2.15. The summed E-state index contributed by atoms with van der Waals surface area (Å²) in [6.07, 6.45) is 4.21. The number of hydrogen-bond acceptors (Lipinski definition) is 4. The van der Waals surface area contributed by atoms with Crippen LogP contribution in [-0.4, -0.2) is 21.0 Å². The maximum Gasteiger partial charge on any atom is 0.233 e. The summed E-state index contributed by atoms with van der Waals surface area (Å²) < 4.78 is 4.88. The Labute approximate surface area is 73.8 Å². The fourth-order valence-corrected chi connectivity index (χ4v) is 1.04. The number of aromatic amines is 1. The second kappa shape index (κ2) is 2.85. The number of nitrogens with one attached hydrogen (secondary N) is 1. The molecule has 66 valence electrons. The molecule has 2 heterocycles. The third-order valence-corrected chi connectivity index (χ3v) is 1.73. The van der Waals surface area contributed by atoms with Gasteiger partial charge in [0.1, 0.15) is 12.6 Å². The average Bonchev–Trinajstić information content (AvgIpc) is 2.72. The first-order valence-corrected chi connectivity index (χ1v) is 3.72. The van der Waals surface area contributed by atoms with E-state index in [0.717, 1.165) is 5.56 Å². The predicted molar refractivity (Wildman–Crippen MR) is 43.3 cm³/mol. The molecule has 13 heavy (non-hydrogen) atoms. The average molecular weight is 177 g/mol. The molecule has 0 atom stereocenters. The number of furan rings is 1. The molecule has 2 rings (SSSR count). The largest absolute Gasteiger partial charge is 0.472 e. The molecule has 0 amide bonds. The van der Waals surface area contributed by atoms with Gasteiger partial charge in [-0.25, -0.2) is 4.98 Å². The highest BCUT2D eigenvalue weighted by atomic mass is 16.3. The number of ketones is 1. The van der Waals surface area contributed by atoms with Crippen molar-refractivity contribution in [2.45, 2.75) is 6.92 Å². The lowest BCUT2D eigenvalue weighted by Crippen LogP contribution is -2.03. The lowest BCUT2D eigenvalue weighted by Gasteiger charge is -1.91. The minimum absolute atomic E-state index is 0.205. The maximum atomic E-state index is 11.6. The van der Waals surface area contributed by atoms with Crippen LogP contribution in [0.2, 0.25) is 0 Å². The summed E-state index contributed by atoms with van der Waals surface area (Å²) in [6.45, 7) is 1.80. The third-order valence-electron chi connectivity index (χ3n) is 1.73. The number of nitrogens with zero attached hydrogens (tertiary/aromatic N) is 2. The van der Waals surface area contributed by atoms with Gasteiger partial charge in [-0.2, -0.15) is 5.10 Å². The molecule has 0 aromatic carbocycles. The van der Waals surface area contributed by atoms with E-state index in [2.05, 4.69) is 15.2 Å². The maximum absolute atomic E-state index is 11.6. The lowest BCUT2D eigenvalue weighted by atomic mass is 10.1. The van der Waals surface area contributed by atoms with Crippen molar-refractivity contribution in [2.24, 2.45) is 0 Å². The van der Waals surface area contributed by atoms with Crippen LogP contribution in [0, 0.1) is 6.92 Å². The van der Waals surface area contributed by atoms with Crippen molar-refractivity contribution in [2.75, 3.05) is 0 Å². The van der Waals surface area contributed by atoms with Gasteiger partial charge >= 0.3 is 0 Å². The fraction of sp³-hybridized carbons (Fsp3) is 0.125. The van der Waals surface area contributed by atoms with Gasteiger partial charge in [-0.15, -0.1) is 0 Å². The summed E-state index contributed by atoms with van der Waals surface area (Å²) in [5.41, 5.74) is 1.30. The molecule has 0 radical (unpaired) electrons. The van der Waals surface area contributed by atoms with E-state index in [0.29, 0.717) is 5.56 Å². The van der Waals surface area contributed by atoms with Gasteiger partial charge in [0.2, 0.25) is 5.78 Å². The van der Waals surface area contributed by atoms with Crippen molar-refractivity contribution in [1.29, 1.82) is 0 Å². The van der Waals surface area contributed by atoms with Gasteiger partial charge in [-0.1, -0.05) is 0 Å².